The van der Waals surface area contributed by atoms with Crippen LogP contribution in [0.5, 0.6) is 0 Å². The lowest BCUT2D eigenvalue weighted by Crippen LogP contribution is -2.47. The lowest BCUT2D eigenvalue weighted by molar-refractivity contribution is -0.137. The number of nitrogens with two attached hydrogens (primary N) is 1. The predicted molar refractivity (Wildman–Crippen MR) is 98.8 cm³/mol. The van der Waals surface area contributed by atoms with E-state index in [4.69, 9.17) is 5.73 Å². The fourth-order valence-corrected chi connectivity index (χ4v) is 3.72. The molecule has 0 saturated heterocycles. The zero-order valence-corrected chi connectivity index (χ0v) is 15.0. The van der Waals surface area contributed by atoms with Crippen LogP contribution >= 0.6 is 22.9 Å². The molecule has 0 bridgehead atoms. The summed E-state index contributed by atoms with van der Waals surface area (Å²) >= 11 is 2.57. The van der Waals surface area contributed by atoms with Crippen LogP contribution in [-0.2, 0) is 16.0 Å². The van der Waals surface area contributed by atoms with Gasteiger partial charge in [-0.2, -0.15) is 15.7 Å². The Balaban J connectivity index is 1.83. The van der Waals surface area contributed by atoms with E-state index in [9.17, 15) is 14.4 Å². The summed E-state index contributed by atoms with van der Waals surface area (Å²) in [6.45, 7) is 0. The molecule has 0 aliphatic rings. The van der Waals surface area contributed by atoms with Crippen molar-refractivity contribution in [1.29, 1.82) is 0 Å². The number of primary amides is 1. The summed E-state index contributed by atoms with van der Waals surface area (Å²) in [7, 11) is 0. The molecule has 0 aliphatic heterocycles. The van der Waals surface area contributed by atoms with E-state index in [0.29, 0.717) is 11.3 Å². The van der Waals surface area contributed by atoms with E-state index in [0.717, 1.165) is 17.1 Å². The van der Waals surface area contributed by atoms with Crippen LogP contribution in [-0.4, -0.2) is 33.0 Å². The van der Waals surface area contributed by atoms with Gasteiger partial charge in [-0.3, -0.25) is 19.4 Å². The number of nitrogens with one attached hydrogen (secondary N) is 1. The van der Waals surface area contributed by atoms with Gasteiger partial charge in [0.05, 0.1) is 5.69 Å². The second kappa shape index (κ2) is 7.98. The molecule has 0 aromatic carbocycles. The summed E-state index contributed by atoms with van der Waals surface area (Å²) in [4.78, 5) is 40.3. The predicted octanol–water partition coefficient (Wildman–Crippen LogP) is 1.66. The number of rotatable bonds is 7. The van der Waals surface area contributed by atoms with Gasteiger partial charge in [0.1, 0.15) is 6.04 Å². The Morgan fingerprint density at radius 2 is 2.04 bits per heavy atom. The van der Waals surface area contributed by atoms with Crippen LogP contribution in [0.2, 0.25) is 0 Å². The van der Waals surface area contributed by atoms with Gasteiger partial charge in [-0.1, -0.05) is 6.07 Å². The molecule has 0 radical (unpaired) electrons. The Bertz CT molecular complexity index is 923. The number of carbonyl (C=O) groups excluding carboxylic acids is 3. The van der Waals surface area contributed by atoms with Crippen LogP contribution in [0.1, 0.15) is 16.1 Å². The van der Waals surface area contributed by atoms with Crippen molar-refractivity contribution in [2.24, 2.45) is 5.73 Å². The number of Topliss-reactive ketones (excluding diaryl/α,β-unsaturated/α-hetero) is 1. The first kappa shape index (κ1) is 17.9. The van der Waals surface area contributed by atoms with Crippen molar-refractivity contribution in [2.45, 2.75) is 12.5 Å². The average Bonchev–Trinajstić information content (AvgIpc) is 3.32. The van der Waals surface area contributed by atoms with Gasteiger partial charge in [0, 0.05) is 23.6 Å². The lowest BCUT2D eigenvalue weighted by atomic mass is 10.0. The molecule has 2 amide bonds. The van der Waals surface area contributed by atoms with Crippen molar-refractivity contribution in [3.05, 3.63) is 57.9 Å². The Kier molecular flexibility index (Phi) is 5.49. The van der Waals surface area contributed by atoms with E-state index in [1.807, 2.05) is 16.8 Å². The smallest absolute Gasteiger partial charge is 0.287 e. The summed E-state index contributed by atoms with van der Waals surface area (Å²) in [5.41, 5.74) is 7.27. The first-order chi connectivity index (χ1) is 12.6. The van der Waals surface area contributed by atoms with Gasteiger partial charge >= 0.3 is 0 Å². The summed E-state index contributed by atoms with van der Waals surface area (Å²) in [6.07, 6.45) is 1.80. The molecular formula is C17H14N4O3S2. The van der Waals surface area contributed by atoms with Gasteiger partial charge in [0.2, 0.25) is 5.78 Å². The highest BCUT2D eigenvalue weighted by Gasteiger charge is 2.28. The third kappa shape index (κ3) is 4.01. The van der Waals surface area contributed by atoms with Crippen molar-refractivity contribution >= 4 is 40.5 Å². The lowest BCUT2D eigenvalue weighted by Gasteiger charge is -2.15. The molecule has 3 aromatic rings. The fraction of sp³-hybridized carbons (Fsp3) is 0.118. The zero-order chi connectivity index (χ0) is 18.5. The minimum Gasteiger partial charge on any atom is -0.363 e. The maximum atomic E-state index is 12.7. The quantitative estimate of drug-likeness (QED) is 0.599. The minimum atomic E-state index is -1.09. The second-order valence-corrected chi connectivity index (χ2v) is 6.79. The molecule has 26 heavy (non-hydrogen) atoms. The number of ketones is 1. The van der Waals surface area contributed by atoms with E-state index < -0.39 is 23.6 Å². The van der Waals surface area contributed by atoms with Gasteiger partial charge in [0.15, 0.2) is 5.69 Å². The van der Waals surface area contributed by atoms with Crippen LogP contribution in [0.4, 0.5) is 0 Å². The van der Waals surface area contributed by atoms with Crippen LogP contribution < -0.4 is 11.1 Å². The molecule has 0 saturated carbocycles. The number of hydrogen-bond acceptors (Lipinski definition) is 7. The minimum absolute atomic E-state index is 0.154. The highest BCUT2D eigenvalue weighted by Crippen LogP contribution is 2.23. The molecule has 3 rings (SSSR count). The standard InChI is InChI=1S/C17H14N4O3S2/c18-16(23)15(22)13(7-10-4-6-25-8-10)20-17(24)14-11(9-26-21-14)12-3-1-2-5-19-12/h1-6,8-9,13H,7H2,(H2,18,23)(H,20,24). The van der Waals surface area contributed by atoms with Gasteiger partial charge in [0.25, 0.3) is 11.8 Å². The molecule has 7 nitrogen and oxygen atoms in total. The van der Waals surface area contributed by atoms with E-state index in [1.54, 1.807) is 29.8 Å². The third-order valence-electron chi connectivity index (χ3n) is 3.61. The molecule has 1 atom stereocenters. The van der Waals surface area contributed by atoms with Crippen LogP contribution in [0.3, 0.4) is 0 Å². The summed E-state index contributed by atoms with van der Waals surface area (Å²) in [5, 5.41) is 7.98. The van der Waals surface area contributed by atoms with Crippen molar-refractivity contribution in [3.63, 3.8) is 0 Å². The molecule has 3 N–H and O–H groups in total. The number of nitrogens with zero attached hydrogens (tertiary/aromatic N) is 2. The number of hydrogen-bond donors (Lipinski definition) is 2. The van der Waals surface area contributed by atoms with Crippen LogP contribution in [0.15, 0.2) is 46.6 Å². The largest absolute Gasteiger partial charge is 0.363 e. The maximum absolute atomic E-state index is 12.7. The molecule has 0 fully saturated rings. The molecular weight excluding hydrogens is 372 g/mol. The number of pyridine rings is 1. The van der Waals surface area contributed by atoms with Crippen LogP contribution in [0, 0.1) is 0 Å². The van der Waals surface area contributed by atoms with E-state index in [-0.39, 0.29) is 12.1 Å². The number of thiophene rings is 1. The van der Waals surface area contributed by atoms with Crippen LogP contribution in [0.25, 0.3) is 11.3 Å². The SMILES string of the molecule is NC(=O)C(=O)C(Cc1ccsc1)NC(=O)c1nscc1-c1ccccn1. The first-order valence-corrected chi connectivity index (χ1v) is 9.35. The van der Waals surface area contributed by atoms with Crippen molar-refractivity contribution in [3.8, 4) is 11.3 Å². The molecule has 3 aromatic heterocycles. The number of aromatic nitrogens is 2. The van der Waals surface area contributed by atoms with Crippen molar-refractivity contribution in [1.82, 2.24) is 14.7 Å². The van der Waals surface area contributed by atoms with Gasteiger partial charge in [-0.15, -0.1) is 0 Å². The van der Waals surface area contributed by atoms with E-state index in [1.165, 1.54) is 11.3 Å². The Morgan fingerprint density at radius 1 is 1.19 bits per heavy atom. The molecule has 9 heteroatoms. The molecule has 0 spiro atoms. The molecule has 3 heterocycles. The first-order valence-electron chi connectivity index (χ1n) is 7.57. The highest BCUT2D eigenvalue weighted by atomic mass is 32.1. The summed E-state index contributed by atoms with van der Waals surface area (Å²) in [6, 6.07) is 6.11. The summed E-state index contributed by atoms with van der Waals surface area (Å²) < 4.78 is 4.11. The normalized spacial score (nSPS) is 11.7. The van der Waals surface area contributed by atoms with Crippen molar-refractivity contribution < 1.29 is 14.4 Å². The molecule has 132 valence electrons. The third-order valence-corrected chi connectivity index (χ3v) is 4.97. The monoisotopic (exact) mass is 386 g/mol. The van der Waals surface area contributed by atoms with Gasteiger partial charge in [-0.25, -0.2) is 0 Å². The topological polar surface area (TPSA) is 115 Å². The summed E-state index contributed by atoms with van der Waals surface area (Å²) in [5.74, 6) is -2.49. The van der Waals surface area contributed by atoms with Gasteiger partial charge in [-0.05, 0) is 46.1 Å². The average molecular weight is 386 g/mol. The Hall–Kier alpha value is -2.91. The Morgan fingerprint density at radius 3 is 2.69 bits per heavy atom. The highest BCUT2D eigenvalue weighted by molar-refractivity contribution is 7.08. The second-order valence-electron chi connectivity index (χ2n) is 5.38. The van der Waals surface area contributed by atoms with Crippen molar-refractivity contribution in [2.75, 3.05) is 0 Å². The number of carbonyl (C=O) groups is 3. The maximum Gasteiger partial charge on any atom is 0.287 e. The zero-order valence-electron chi connectivity index (χ0n) is 13.4. The molecule has 0 aliphatic carbocycles. The van der Waals surface area contributed by atoms with Gasteiger partial charge < -0.3 is 11.1 Å². The van der Waals surface area contributed by atoms with E-state index in [2.05, 4.69) is 14.7 Å². The van der Waals surface area contributed by atoms with E-state index >= 15 is 0 Å². The number of amides is 2. The fourth-order valence-electron chi connectivity index (χ4n) is 2.36. The Labute approximate surface area is 157 Å². The molecule has 1 unspecified atom stereocenters.